The standard InChI is InChI=1S/C57H90O15/c1-3-5-7-9-11-13-15-17-19-21-22-24-26-28-30-32-34-36-38-40-49(60)70-45(42-67-48(59)39-37-35-33-31-29-27-25-23-20-18-16-14-12-10-8-6-4-2)43-68-56-55(66)53(64)51(62)47(72-56)44-69-57-54(65)52(63)50(61)46(41-58)71-57/h11-14,17-20,22,24-25,27-28,30-31,33-34,36,45-47,50-58,61-66H,3-10,15-16,21,23,26,29,32,35,37-44H2,1-2H3/b13-11+,14-12+,19-17+,20-18+,24-22+,27-25+,30-28+,33-31+,36-34+/t45-,46+,47+,50-,51-,52?,53?,54?,55?,56+,57+/m1/s1. The van der Waals surface area contributed by atoms with E-state index in [4.69, 9.17) is 28.4 Å². The predicted molar refractivity (Wildman–Crippen MR) is 279 cm³/mol. The minimum absolute atomic E-state index is 0.0233. The Morgan fingerprint density at radius 1 is 0.444 bits per heavy atom. The van der Waals surface area contributed by atoms with Gasteiger partial charge in [0.05, 0.1) is 19.8 Å². The van der Waals surface area contributed by atoms with Gasteiger partial charge in [0.1, 0.15) is 55.4 Å². The van der Waals surface area contributed by atoms with E-state index in [9.17, 15) is 45.3 Å². The van der Waals surface area contributed by atoms with Crippen molar-refractivity contribution in [2.45, 2.75) is 210 Å². The number of ether oxygens (including phenoxy) is 6. The minimum atomic E-state index is -1.79. The van der Waals surface area contributed by atoms with Crippen molar-refractivity contribution >= 4 is 11.9 Å². The zero-order valence-electron chi connectivity index (χ0n) is 43.1. The number of carbonyl (C=O) groups excluding carboxylic acids is 2. The average Bonchev–Trinajstić information content (AvgIpc) is 3.37. The van der Waals surface area contributed by atoms with E-state index in [2.05, 4.69) is 98.9 Å². The summed E-state index contributed by atoms with van der Waals surface area (Å²) < 4.78 is 33.4. The second kappa shape index (κ2) is 42.5. The predicted octanol–water partition coefficient (Wildman–Crippen LogP) is 7.93. The molecular weight excluding hydrogens is 925 g/mol. The Morgan fingerprint density at radius 2 is 0.847 bits per heavy atom. The van der Waals surface area contributed by atoms with Crippen molar-refractivity contribution < 1.29 is 73.8 Å². The van der Waals surface area contributed by atoms with Gasteiger partial charge in [-0.1, -0.05) is 149 Å². The van der Waals surface area contributed by atoms with Crippen LogP contribution in [0.1, 0.15) is 142 Å². The van der Waals surface area contributed by atoms with Crippen molar-refractivity contribution in [3.63, 3.8) is 0 Å². The Balaban J connectivity index is 1.87. The van der Waals surface area contributed by atoms with E-state index in [0.717, 1.165) is 51.4 Å². The number of allylic oxidation sites excluding steroid dienone is 18. The highest BCUT2D eigenvalue weighted by molar-refractivity contribution is 5.70. The largest absolute Gasteiger partial charge is 0.462 e. The molecule has 11 atom stereocenters. The molecule has 2 aliphatic rings. The monoisotopic (exact) mass is 1010 g/mol. The quantitative estimate of drug-likeness (QED) is 0.0176. The first-order valence-electron chi connectivity index (χ1n) is 26.5. The number of hydrogen-bond acceptors (Lipinski definition) is 15. The summed E-state index contributed by atoms with van der Waals surface area (Å²) in [6, 6.07) is 0. The Hall–Kier alpha value is -3.84. The molecule has 408 valence electrons. The lowest BCUT2D eigenvalue weighted by Crippen LogP contribution is -2.61. The Kier molecular flexibility index (Phi) is 37.9. The molecule has 0 amide bonds. The van der Waals surface area contributed by atoms with E-state index in [1.165, 1.54) is 38.5 Å². The molecule has 0 spiro atoms. The fraction of sp³-hybridized carbons (Fsp3) is 0.649. The molecule has 2 heterocycles. The van der Waals surface area contributed by atoms with Crippen LogP contribution in [0.5, 0.6) is 0 Å². The van der Waals surface area contributed by atoms with Crippen LogP contribution in [0.3, 0.4) is 0 Å². The van der Waals surface area contributed by atoms with Gasteiger partial charge in [-0.25, -0.2) is 0 Å². The van der Waals surface area contributed by atoms with Crippen molar-refractivity contribution in [3.8, 4) is 0 Å². The maximum atomic E-state index is 13.0. The van der Waals surface area contributed by atoms with Gasteiger partial charge in [-0.3, -0.25) is 9.59 Å². The normalized spacial score (nSPS) is 25.9. The summed E-state index contributed by atoms with van der Waals surface area (Å²) in [5, 5.41) is 72.1. The third-order valence-electron chi connectivity index (χ3n) is 11.7. The summed E-state index contributed by atoms with van der Waals surface area (Å²) in [6.07, 6.45) is 38.4. The van der Waals surface area contributed by atoms with Gasteiger partial charge < -0.3 is 64.2 Å². The van der Waals surface area contributed by atoms with Crippen molar-refractivity contribution in [3.05, 3.63) is 109 Å². The number of hydrogen-bond donors (Lipinski definition) is 7. The molecule has 7 N–H and O–H groups in total. The van der Waals surface area contributed by atoms with Gasteiger partial charge in [-0.15, -0.1) is 0 Å². The van der Waals surface area contributed by atoms with Crippen LogP contribution in [0.15, 0.2) is 109 Å². The maximum absolute atomic E-state index is 13.0. The zero-order chi connectivity index (χ0) is 52.4. The number of aliphatic hydroxyl groups excluding tert-OH is 7. The molecule has 0 radical (unpaired) electrons. The lowest BCUT2D eigenvalue weighted by molar-refractivity contribution is -0.332. The highest BCUT2D eigenvalue weighted by Gasteiger charge is 2.47. The van der Waals surface area contributed by atoms with Gasteiger partial charge in [0, 0.05) is 12.8 Å². The molecule has 2 saturated heterocycles. The van der Waals surface area contributed by atoms with Gasteiger partial charge in [0.2, 0.25) is 0 Å². The van der Waals surface area contributed by atoms with Crippen LogP contribution in [0, 0.1) is 0 Å². The Bertz CT molecular complexity index is 1660. The lowest BCUT2D eigenvalue weighted by atomic mass is 9.98. The summed E-state index contributed by atoms with van der Waals surface area (Å²) in [5.41, 5.74) is 0. The molecule has 4 unspecified atom stereocenters. The highest BCUT2D eigenvalue weighted by Crippen LogP contribution is 2.26. The van der Waals surface area contributed by atoms with Gasteiger partial charge in [0.15, 0.2) is 18.7 Å². The number of esters is 2. The molecule has 15 nitrogen and oxygen atoms in total. The lowest BCUT2D eigenvalue weighted by Gasteiger charge is -2.42. The van der Waals surface area contributed by atoms with E-state index >= 15 is 0 Å². The van der Waals surface area contributed by atoms with Crippen molar-refractivity contribution in [2.75, 3.05) is 26.4 Å². The third-order valence-corrected chi connectivity index (χ3v) is 11.7. The molecule has 72 heavy (non-hydrogen) atoms. The molecule has 2 fully saturated rings. The molecule has 0 aromatic rings. The number of rotatable bonds is 39. The molecule has 0 saturated carbocycles. The zero-order valence-corrected chi connectivity index (χ0v) is 43.1. The summed E-state index contributed by atoms with van der Waals surface area (Å²) >= 11 is 0. The van der Waals surface area contributed by atoms with Crippen molar-refractivity contribution in [1.29, 1.82) is 0 Å². The summed E-state index contributed by atoms with van der Waals surface area (Å²) in [6.45, 7) is 2.37. The molecule has 0 aliphatic carbocycles. The van der Waals surface area contributed by atoms with Gasteiger partial charge in [0.25, 0.3) is 0 Å². The van der Waals surface area contributed by atoms with Gasteiger partial charge >= 0.3 is 11.9 Å². The van der Waals surface area contributed by atoms with Crippen LogP contribution in [-0.2, 0) is 38.0 Å². The molecule has 2 rings (SSSR count). The summed E-state index contributed by atoms with van der Waals surface area (Å²) in [4.78, 5) is 25.7. The Labute approximate surface area is 430 Å². The van der Waals surface area contributed by atoms with Gasteiger partial charge in [-0.2, -0.15) is 0 Å². The fourth-order valence-corrected chi connectivity index (χ4v) is 7.37. The highest BCUT2D eigenvalue weighted by atomic mass is 16.7. The van der Waals surface area contributed by atoms with E-state index < -0.39 is 99.3 Å². The summed E-state index contributed by atoms with van der Waals surface area (Å²) in [5.74, 6) is -1.10. The number of unbranched alkanes of at least 4 members (excludes halogenated alkanes) is 7. The number of carbonyl (C=O) groups is 2. The number of aliphatic hydroxyl groups is 7. The molecule has 0 aromatic heterocycles. The maximum Gasteiger partial charge on any atom is 0.306 e. The van der Waals surface area contributed by atoms with Crippen LogP contribution in [0.25, 0.3) is 0 Å². The first-order chi connectivity index (χ1) is 35.0. The van der Waals surface area contributed by atoms with E-state index in [0.29, 0.717) is 25.7 Å². The van der Waals surface area contributed by atoms with Gasteiger partial charge in [-0.05, 0) is 89.9 Å². The smallest absolute Gasteiger partial charge is 0.306 e. The van der Waals surface area contributed by atoms with Crippen LogP contribution in [-0.4, -0.2) is 142 Å². The third kappa shape index (κ3) is 29.8. The van der Waals surface area contributed by atoms with Crippen LogP contribution >= 0.6 is 0 Å². The molecular formula is C57H90O15. The average molecular weight is 1020 g/mol. The Morgan fingerprint density at radius 3 is 1.31 bits per heavy atom. The fourth-order valence-electron chi connectivity index (χ4n) is 7.37. The van der Waals surface area contributed by atoms with Crippen molar-refractivity contribution in [1.82, 2.24) is 0 Å². The van der Waals surface area contributed by atoms with E-state index in [1.807, 2.05) is 24.3 Å². The van der Waals surface area contributed by atoms with Crippen LogP contribution in [0.4, 0.5) is 0 Å². The summed E-state index contributed by atoms with van der Waals surface area (Å²) in [7, 11) is 0. The molecule has 0 bridgehead atoms. The van der Waals surface area contributed by atoms with E-state index in [-0.39, 0.29) is 19.4 Å². The second-order valence-corrected chi connectivity index (χ2v) is 18.0. The molecule has 2 aliphatic heterocycles. The molecule has 15 heteroatoms. The second-order valence-electron chi connectivity index (χ2n) is 18.0. The first kappa shape index (κ1) is 64.3. The minimum Gasteiger partial charge on any atom is -0.462 e. The van der Waals surface area contributed by atoms with Crippen LogP contribution < -0.4 is 0 Å². The first-order valence-corrected chi connectivity index (χ1v) is 26.5. The topological polar surface area (TPSA) is 231 Å². The SMILES string of the molecule is CCCCC/C=C/C/C=C/C/C=C/C/C=C/C/C=C/CCC(=O)O[C@H](COC(=O)CCC/C=C/C/C=C/C/C=C/C/C=C/CCCCC)CO[C@H]1O[C@@H](CO[C@H]2O[C@@H](CO)[C@@H](O)C(O)C2O)[C@@H](O)C(O)C1O. The molecule has 0 aromatic carbocycles. The van der Waals surface area contributed by atoms with E-state index in [1.54, 1.807) is 0 Å². The van der Waals surface area contributed by atoms with Crippen LogP contribution in [0.2, 0.25) is 0 Å². The van der Waals surface area contributed by atoms with Crippen molar-refractivity contribution in [2.24, 2.45) is 0 Å².